The zero-order chi connectivity index (χ0) is 12.0. The van der Waals surface area contributed by atoms with Crippen molar-refractivity contribution >= 4 is 11.0 Å². The van der Waals surface area contributed by atoms with Crippen molar-refractivity contribution in [2.75, 3.05) is 14.1 Å². The molecular weight excluding hydrogens is 214 g/mol. The summed E-state index contributed by atoms with van der Waals surface area (Å²) in [5.74, 6) is 0. The number of rotatable bonds is 1. The first kappa shape index (κ1) is 10.5. The van der Waals surface area contributed by atoms with Gasteiger partial charge in [-0.3, -0.25) is 4.79 Å². The highest BCUT2D eigenvalue weighted by atomic mass is 16.1. The highest BCUT2D eigenvalue weighted by molar-refractivity contribution is 5.79. The van der Waals surface area contributed by atoms with Gasteiger partial charge in [0.05, 0.1) is 17.2 Å². The second kappa shape index (κ2) is 3.67. The summed E-state index contributed by atoms with van der Waals surface area (Å²) in [4.78, 5) is 18.3. The molecule has 4 nitrogen and oxygen atoms in total. The summed E-state index contributed by atoms with van der Waals surface area (Å²) in [6.45, 7) is 0.752. The van der Waals surface area contributed by atoms with Crippen molar-refractivity contribution in [3.05, 3.63) is 40.3 Å². The van der Waals surface area contributed by atoms with Gasteiger partial charge in [0.25, 0.3) is 5.56 Å². The van der Waals surface area contributed by atoms with E-state index in [9.17, 15) is 4.79 Å². The van der Waals surface area contributed by atoms with E-state index in [0.29, 0.717) is 6.04 Å². The summed E-state index contributed by atoms with van der Waals surface area (Å²) >= 11 is 0. The van der Waals surface area contributed by atoms with E-state index in [2.05, 4.69) is 30.0 Å². The zero-order valence-electron chi connectivity index (χ0n) is 10.1. The van der Waals surface area contributed by atoms with Gasteiger partial charge >= 0.3 is 0 Å². The molecule has 0 spiro atoms. The predicted molar refractivity (Wildman–Crippen MR) is 67.2 cm³/mol. The molecule has 1 atom stereocenters. The van der Waals surface area contributed by atoms with Crippen LogP contribution in [0.4, 0.5) is 0 Å². The summed E-state index contributed by atoms with van der Waals surface area (Å²) in [6, 6.07) is 6.45. The van der Waals surface area contributed by atoms with E-state index in [0.717, 1.165) is 24.0 Å². The van der Waals surface area contributed by atoms with E-state index in [1.807, 2.05) is 16.7 Å². The van der Waals surface area contributed by atoms with Crippen LogP contribution in [0.3, 0.4) is 0 Å². The number of para-hydroxylation sites is 1. The zero-order valence-corrected chi connectivity index (χ0v) is 10.1. The highest BCUT2D eigenvalue weighted by Crippen LogP contribution is 2.23. The van der Waals surface area contributed by atoms with Crippen LogP contribution in [0.2, 0.25) is 0 Å². The smallest absolute Gasteiger partial charge is 0.269 e. The number of likely N-dealkylation sites (N-methyl/N-ethyl adjacent to an activating group) is 1. The first-order valence-electron chi connectivity index (χ1n) is 5.80. The minimum absolute atomic E-state index is 0.00324. The molecular formula is C13H15N3O. The summed E-state index contributed by atoms with van der Waals surface area (Å²) in [5, 5.41) is 0. The van der Waals surface area contributed by atoms with Gasteiger partial charge in [0.2, 0.25) is 0 Å². The molecule has 17 heavy (non-hydrogen) atoms. The van der Waals surface area contributed by atoms with E-state index >= 15 is 0 Å². The fourth-order valence-electron chi connectivity index (χ4n) is 2.52. The van der Waals surface area contributed by atoms with Crippen LogP contribution < -0.4 is 5.56 Å². The van der Waals surface area contributed by atoms with E-state index < -0.39 is 0 Å². The van der Waals surface area contributed by atoms with Crippen molar-refractivity contribution in [2.45, 2.75) is 19.0 Å². The molecule has 0 bridgehead atoms. The normalized spacial score (nSPS) is 18.9. The second-order valence-corrected chi connectivity index (χ2v) is 4.81. The molecule has 4 heteroatoms. The first-order valence-corrected chi connectivity index (χ1v) is 5.80. The number of hydrogen-bond donors (Lipinski definition) is 0. The molecule has 0 radical (unpaired) electrons. The molecule has 2 aromatic rings. The maximum absolute atomic E-state index is 11.9. The Kier molecular flexibility index (Phi) is 2.26. The van der Waals surface area contributed by atoms with E-state index in [1.165, 1.54) is 11.8 Å². The van der Waals surface area contributed by atoms with Crippen LogP contribution in [0.15, 0.2) is 29.2 Å². The lowest BCUT2D eigenvalue weighted by molar-refractivity contribution is 0.256. The molecule has 88 valence electrons. The maximum Gasteiger partial charge on any atom is 0.269 e. The van der Waals surface area contributed by atoms with Crippen LogP contribution in [0, 0.1) is 0 Å². The van der Waals surface area contributed by atoms with Gasteiger partial charge in [0.15, 0.2) is 0 Å². The lowest BCUT2D eigenvalue weighted by Crippen LogP contribution is -2.40. The van der Waals surface area contributed by atoms with Crippen LogP contribution >= 0.6 is 0 Å². The molecule has 1 unspecified atom stereocenters. The fourth-order valence-corrected chi connectivity index (χ4v) is 2.52. The monoisotopic (exact) mass is 229 g/mol. The third kappa shape index (κ3) is 1.56. The highest BCUT2D eigenvalue weighted by Gasteiger charge is 2.22. The molecule has 0 fully saturated rings. The van der Waals surface area contributed by atoms with Gasteiger partial charge in [-0.25, -0.2) is 4.98 Å². The molecule has 0 amide bonds. The Morgan fingerprint density at radius 3 is 3.00 bits per heavy atom. The van der Waals surface area contributed by atoms with E-state index in [1.54, 1.807) is 0 Å². The van der Waals surface area contributed by atoms with Gasteiger partial charge in [-0.05, 0) is 32.1 Å². The Morgan fingerprint density at radius 1 is 1.41 bits per heavy atom. The van der Waals surface area contributed by atoms with Crippen molar-refractivity contribution in [3.8, 4) is 0 Å². The molecule has 0 saturated carbocycles. The van der Waals surface area contributed by atoms with Crippen molar-refractivity contribution in [1.82, 2.24) is 14.5 Å². The van der Waals surface area contributed by atoms with Gasteiger partial charge in [-0.2, -0.15) is 0 Å². The molecule has 3 rings (SSSR count). The summed E-state index contributed by atoms with van der Waals surface area (Å²) < 4.78 is 1.85. The van der Waals surface area contributed by atoms with Crippen LogP contribution in [0.5, 0.6) is 0 Å². The number of hydrogen-bond acceptors (Lipinski definition) is 3. The second-order valence-electron chi connectivity index (χ2n) is 4.81. The number of aromatic nitrogens is 2. The summed E-state index contributed by atoms with van der Waals surface area (Å²) in [7, 11) is 4.12. The Labute approximate surface area is 99.5 Å². The average Bonchev–Trinajstić information content (AvgIpc) is 2.33. The first-order chi connectivity index (χ1) is 8.16. The van der Waals surface area contributed by atoms with Crippen molar-refractivity contribution in [3.63, 3.8) is 0 Å². The lowest BCUT2D eigenvalue weighted by Gasteiger charge is -2.30. The van der Waals surface area contributed by atoms with Crippen LogP contribution in [0.25, 0.3) is 11.0 Å². The van der Waals surface area contributed by atoms with E-state index in [-0.39, 0.29) is 5.56 Å². The van der Waals surface area contributed by atoms with Crippen molar-refractivity contribution < 1.29 is 0 Å². The minimum Gasteiger partial charge on any atom is -0.304 e. The van der Waals surface area contributed by atoms with Crippen LogP contribution in [-0.4, -0.2) is 34.6 Å². The number of benzene rings is 1. The van der Waals surface area contributed by atoms with Crippen molar-refractivity contribution in [1.29, 1.82) is 0 Å². The fraction of sp³-hybridized carbons (Fsp3) is 0.385. The van der Waals surface area contributed by atoms with Crippen LogP contribution in [0.1, 0.15) is 5.56 Å². The van der Waals surface area contributed by atoms with Crippen molar-refractivity contribution in [2.24, 2.45) is 0 Å². The third-order valence-electron chi connectivity index (χ3n) is 3.53. The molecule has 1 aromatic heterocycles. The number of nitrogens with zero attached hydrogens (tertiary/aromatic N) is 3. The Bertz CT molecular complexity index is 630. The molecule has 2 heterocycles. The molecule has 0 saturated heterocycles. The van der Waals surface area contributed by atoms with E-state index in [4.69, 9.17) is 0 Å². The third-order valence-corrected chi connectivity index (χ3v) is 3.53. The molecule has 1 aromatic carbocycles. The quantitative estimate of drug-likeness (QED) is 0.728. The summed E-state index contributed by atoms with van der Waals surface area (Å²) in [6.07, 6.45) is 2.40. The molecule has 1 aliphatic heterocycles. The summed E-state index contributed by atoms with van der Waals surface area (Å²) in [5.41, 5.74) is 3.14. The van der Waals surface area contributed by atoms with Crippen LogP contribution in [-0.2, 0) is 13.0 Å². The average molecular weight is 229 g/mol. The van der Waals surface area contributed by atoms with Gasteiger partial charge in [0.1, 0.15) is 0 Å². The molecule has 0 aliphatic carbocycles. The maximum atomic E-state index is 11.9. The Morgan fingerprint density at radius 2 is 2.24 bits per heavy atom. The Hall–Kier alpha value is -1.68. The molecule has 0 N–H and O–H groups in total. The SMILES string of the molecule is CN(C)C1Cc2cccc3ncc(=O)n(c23)C1. The minimum atomic E-state index is -0.00324. The topological polar surface area (TPSA) is 38.1 Å². The van der Waals surface area contributed by atoms with Gasteiger partial charge < -0.3 is 9.47 Å². The van der Waals surface area contributed by atoms with Gasteiger partial charge in [-0.1, -0.05) is 12.1 Å². The van der Waals surface area contributed by atoms with Gasteiger partial charge in [-0.15, -0.1) is 0 Å². The largest absolute Gasteiger partial charge is 0.304 e. The van der Waals surface area contributed by atoms with Gasteiger partial charge in [0, 0.05) is 12.6 Å². The Balaban J connectivity index is 2.29. The predicted octanol–water partition coefficient (Wildman–Crippen LogP) is 0.883. The molecule has 1 aliphatic rings. The standard InChI is InChI=1S/C13H15N3O/c1-15(2)10-6-9-4-3-5-11-13(9)16(8-10)12(17)7-14-11/h3-5,7,10H,6,8H2,1-2H3. The lowest BCUT2D eigenvalue weighted by atomic mass is 9.99.